The van der Waals surface area contributed by atoms with Gasteiger partial charge in [-0.15, -0.1) is 11.3 Å². The van der Waals surface area contributed by atoms with E-state index in [-0.39, 0.29) is 18.6 Å². The average molecular weight is 479 g/mol. The summed E-state index contributed by atoms with van der Waals surface area (Å²) in [7, 11) is 0. The van der Waals surface area contributed by atoms with Crippen LogP contribution in [0.4, 0.5) is 5.69 Å². The van der Waals surface area contributed by atoms with Crippen molar-refractivity contribution in [1.29, 1.82) is 0 Å². The van der Waals surface area contributed by atoms with E-state index in [1.165, 1.54) is 16.9 Å². The number of nitrogens with one attached hydrogen (secondary N) is 3. The Morgan fingerprint density at radius 1 is 1.35 bits per heavy atom. The van der Waals surface area contributed by atoms with E-state index in [2.05, 4.69) is 32.7 Å². The number of amides is 1. The maximum Gasteiger partial charge on any atom is 0.265 e. The number of hydrogen-bond acceptors (Lipinski definition) is 7. The minimum Gasteiger partial charge on any atom is -0.396 e. The lowest BCUT2D eigenvalue weighted by Crippen LogP contribution is -2.39. The molecule has 8 nitrogen and oxygen atoms in total. The fourth-order valence-electron chi connectivity index (χ4n) is 5.51. The molecule has 4 N–H and O–H groups in total. The van der Waals surface area contributed by atoms with Crippen LogP contribution in [0.3, 0.4) is 0 Å². The third-order valence-electron chi connectivity index (χ3n) is 7.50. The van der Waals surface area contributed by atoms with Crippen molar-refractivity contribution in [3.05, 3.63) is 40.7 Å². The minimum absolute atomic E-state index is 0.0451. The number of nitrogens with zero attached hydrogens (tertiary/aromatic N) is 3. The molecular formula is C25H30N6O2S. The normalized spacial score (nSPS) is 22.9. The van der Waals surface area contributed by atoms with Gasteiger partial charge in [0.1, 0.15) is 15.5 Å². The van der Waals surface area contributed by atoms with E-state index < -0.39 is 0 Å². The summed E-state index contributed by atoms with van der Waals surface area (Å²) >= 11 is 1.45. The van der Waals surface area contributed by atoms with Gasteiger partial charge in [0, 0.05) is 56.6 Å². The highest BCUT2D eigenvalue weighted by Gasteiger charge is 2.31. The van der Waals surface area contributed by atoms with Crippen LogP contribution in [0, 0.1) is 18.8 Å². The van der Waals surface area contributed by atoms with Crippen LogP contribution in [-0.4, -0.2) is 69.7 Å². The summed E-state index contributed by atoms with van der Waals surface area (Å²) in [6.07, 6.45) is 8.93. The van der Waals surface area contributed by atoms with E-state index in [4.69, 9.17) is 4.98 Å². The van der Waals surface area contributed by atoms with Crippen LogP contribution in [-0.2, 0) is 0 Å². The van der Waals surface area contributed by atoms with Gasteiger partial charge in [-0.3, -0.25) is 4.79 Å². The van der Waals surface area contributed by atoms with Gasteiger partial charge >= 0.3 is 0 Å². The van der Waals surface area contributed by atoms with Crippen molar-refractivity contribution in [3.8, 4) is 10.6 Å². The van der Waals surface area contributed by atoms with Crippen LogP contribution in [0.2, 0.25) is 0 Å². The van der Waals surface area contributed by atoms with Gasteiger partial charge in [-0.25, -0.2) is 9.97 Å². The highest BCUT2D eigenvalue weighted by atomic mass is 32.1. The van der Waals surface area contributed by atoms with Crippen molar-refractivity contribution in [2.24, 2.45) is 11.8 Å². The van der Waals surface area contributed by atoms with Gasteiger partial charge in [-0.05, 0) is 44.1 Å². The number of piperidine rings is 1. The number of fused-ring (bicyclic) bond motifs is 2. The molecule has 0 unspecified atom stereocenters. The number of aliphatic hydroxyl groups excluding tert-OH is 1. The largest absolute Gasteiger partial charge is 0.396 e. The number of aryl methyl sites for hydroxylation is 1. The van der Waals surface area contributed by atoms with Crippen LogP contribution < -0.4 is 10.6 Å². The number of hydrogen-bond donors (Lipinski definition) is 4. The van der Waals surface area contributed by atoms with Crippen molar-refractivity contribution in [2.45, 2.75) is 32.2 Å². The van der Waals surface area contributed by atoms with Crippen molar-refractivity contribution in [3.63, 3.8) is 0 Å². The first-order valence-electron chi connectivity index (χ1n) is 12.1. The van der Waals surface area contributed by atoms with Gasteiger partial charge in [-0.2, -0.15) is 0 Å². The van der Waals surface area contributed by atoms with Crippen LogP contribution in [0.15, 0.2) is 30.1 Å². The predicted molar refractivity (Wildman–Crippen MR) is 134 cm³/mol. The Hall–Kier alpha value is -2.75. The summed E-state index contributed by atoms with van der Waals surface area (Å²) in [5.74, 6) is 0.963. The Morgan fingerprint density at radius 2 is 2.21 bits per heavy atom. The van der Waals surface area contributed by atoms with Crippen LogP contribution in [0.1, 0.15) is 34.6 Å². The summed E-state index contributed by atoms with van der Waals surface area (Å²) in [4.78, 5) is 28.6. The molecule has 6 rings (SSSR count). The molecule has 0 saturated carbocycles. The second-order valence-electron chi connectivity index (χ2n) is 9.69. The van der Waals surface area contributed by atoms with Gasteiger partial charge in [-0.1, -0.05) is 11.6 Å². The number of H-pyrrole nitrogens is 1. The molecule has 3 aromatic rings. The van der Waals surface area contributed by atoms with Gasteiger partial charge in [0.05, 0.1) is 16.9 Å². The maximum absolute atomic E-state index is 13.3. The Kier molecular flexibility index (Phi) is 5.63. The van der Waals surface area contributed by atoms with Gasteiger partial charge in [0.25, 0.3) is 5.91 Å². The molecule has 178 valence electrons. The SMILES string of the molecule is Cc1nc(-c2cnc3[nH]ccc3c2N[C@H]2C=C3CNC[C@@H]3C2)sc1C(=O)N1CCC(CO)CC1. The number of aliphatic hydroxyl groups is 1. The number of pyridine rings is 1. The van der Waals surface area contributed by atoms with E-state index in [0.29, 0.717) is 29.8 Å². The van der Waals surface area contributed by atoms with E-state index in [0.717, 1.165) is 65.3 Å². The van der Waals surface area contributed by atoms with Crippen molar-refractivity contribution in [1.82, 2.24) is 25.2 Å². The maximum atomic E-state index is 13.3. The molecule has 9 heteroatoms. The lowest BCUT2D eigenvalue weighted by atomic mass is 9.98. The zero-order chi connectivity index (χ0) is 23.2. The molecule has 3 aliphatic rings. The number of carbonyl (C=O) groups is 1. The van der Waals surface area contributed by atoms with Crippen LogP contribution in [0.25, 0.3) is 21.6 Å². The number of likely N-dealkylation sites (tertiary alicyclic amines) is 1. The molecule has 1 aliphatic carbocycles. The predicted octanol–water partition coefficient (Wildman–Crippen LogP) is 3.17. The molecule has 3 aromatic heterocycles. The lowest BCUT2D eigenvalue weighted by Gasteiger charge is -2.30. The van der Waals surface area contributed by atoms with E-state index in [9.17, 15) is 9.90 Å². The standard InChI is InChI=1S/C25H30N6O2S/c1-14-22(25(33)31-6-3-15(13-32)4-7-31)34-24(29-14)20-12-28-23-19(2-5-27-23)21(20)30-18-8-16-10-26-11-17(16)9-18/h2,5,8,12,15,17-18,26,32H,3-4,6-7,9-11,13H2,1H3,(H2,27,28,30)/t17-,18-/m0/s1. The molecule has 0 radical (unpaired) electrons. The summed E-state index contributed by atoms with van der Waals surface area (Å²) in [5, 5.41) is 18.5. The highest BCUT2D eigenvalue weighted by molar-refractivity contribution is 7.17. The van der Waals surface area contributed by atoms with E-state index in [1.807, 2.05) is 24.2 Å². The van der Waals surface area contributed by atoms with Gasteiger partial charge in [0.2, 0.25) is 0 Å². The van der Waals surface area contributed by atoms with E-state index in [1.54, 1.807) is 0 Å². The zero-order valence-corrected chi connectivity index (χ0v) is 20.1. The van der Waals surface area contributed by atoms with Crippen molar-refractivity contribution >= 4 is 34.0 Å². The monoisotopic (exact) mass is 478 g/mol. The molecule has 34 heavy (non-hydrogen) atoms. The molecule has 1 amide bonds. The third kappa shape index (κ3) is 3.81. The molecule has 2 saturated heterocycles. The second kappa shape index (κ2) is 8.79. The summed E-state index contributed by atoms with van der Waals surface area (Å²) in [6, 6.07) is 2.33. The fraction of sp³-hybridized carbons (Fsp3) is 0.480. The smallest absolute Gasteiger partial charge is 0.265 e. The quantitative estimate of drug-likeness (QED) is 0.420. The summed E-state index contributed by atoms with van der Waals surface area (Å²) in [6.45, 7) is 5.53. The first-order valence-corrected chi connectivity index (χ1v) is 12.9. The number of aromatic nitrogens is 3. The van der Waals surface area contributed by atoms with Crippen LogP contribution >= 0.6 is 11.3 Å². The summed E-state index contributed by atoms with van der Waals surface area (Å²) < 4.78 is 0. The van der Waals surface area contributed by atoms with Gasteiger partial charge < -0.3 is 25.6 Å². The number of rotatable bonds is 5. The van der Waals surface area contributed by atoms with Crippen molar-refractivity contribution < 1.29 is 9.90 Å². The topological polar surface area (TPSA) is 106 Å². The summed E-state index contributed by atoms with van der Waals surface area (Å²) in [5.41, 5.74) is 5.07. The van der Waals surface area contributed by atoms with Crippen molar-refractivity contribution in [2.75, 3.05) is 38.1 Å². The molecular weight excluding hydrogens is 448 g/mol. The molecule has 2 atom stereocenters. The Morgan fingerprint density at radius 3 is 3.00 bits per heavy atom. The zero-order valence-electron chi connectivity index (χ0n) is 19.3. The fourth-order valence-corrected chi connectivity index (χ4v) is 6.56. The molecule has 2 aliphatic heterocycles. The number of anilines is 1. The number of aromatic amines is 1. The third-order valence-corrected chi connectivity index (χ3v) is 8.67. The van der Waals surface area contributed by atoms with Crippen LogP contribution in [0.5, 0.6) is 0 Å². The number of thiazole rings is 1. The highest BCUT2D eigenvalue weighted by Crippen LogP contribution is 2.39. The Bertz CT molecular complexity index is 1260. The Labute approximate surface area is 202 Å². The minimum atomic E-state index is 0.0451. The first kappa shape index (κ1) is 21.8. The van der Waals surface area contributed by atoms with E-state index >= 15 is 0 Å². The van der Waals surface area contributed by atoms with Gasteiger partial charge in [0.15, 0.2) is 0 Å². The average Bonchev–Trinajstić information content (AvgIpc) is 3.63. The molecule has 0 bridgehead atoms. The molecule has 0 aromatic carbocycles. The number of carbonyl (C=O) groups excluding carboxylic acids is 1. The molecule has 5 heterocycles. The Balaban J connectivity index is 1.31. The first-order chi connectivity index (χ1) is 16.6. The lowest BCUT2D eigenvalue weighted by molar-refractivity contribution is 0.0654. The second-order valence-corrected chi connectivity index (χ2v) is 10.7. The molecule has 0 spiro atoms. The molecule has 2 fully saturated rings.